The molecule has 0 heterocycles. The van der Waals surface area contributed by atoms with E-state index in [0.717, 1.165) is 25.0 Å². The van der Waals surface area contributed by atoms with Crippen LogP contribution in [0.3, 0.4) is 0 Å². The quantitative estimate of drug-likeness (QED) is 0.809. The molecule has 0 radical (unpaired) electrons. The van der Waals surface area contributed by atoms with Gasteiger partial charge in [0.2, 0.25) is 5.91 Å². The van der Waals surface area contributed by atoms with Crippen LogP contribution in [0.5, 0.6) is 0 Å². The molecular formula is C15H19F2NO2S. The van der Waals surface area contributed by atoms with Crippen LogP contribution < -0.4 is 0 Å². The lowest BCUT2D eigenvalue weighted by Crippen LogP contribution is -2.33. The van der Waals surface area contributed by atoms with Crippen molar-refractivity contribution in [2.45, 2.75) is 37.5 Å². The lowest BCUT2D eigenvalue weighted by atomic mass is 10.1. The molecule has 1 saturated carbocycles. The molecule has 1 aromatic rings. The second-order valence-corrected chi connectivity index (χ2v) is 6.94. The minimum atomic E-state index is -1.52. The molecule has 1 fully saturated rings. The summed E-state index contributed by atoms with van der Waals surface area (Å²) in [6, 6.07) is 3.51. The summed E-state index contributed by atoms with van der Waals surface area (Å²) < 4.78 is 39.1. The van der Waals surface area contributed by atoms with Crippen molar-refractivity contribution in [3.63, 3.8) is 0 Å². The van der Waals surface area contributed by atoms with Gasteiger partial charge in [-0.05, 0) is 25.3 Å². The monoisotopic (exact) mass is 315 g/mol. The summed E-state index contributed by atoms with van der Waals surface area (Å²) in [5.74, 6) is -1.68. The molecule has 1 aliphatic rings. The molecule has 0 aliphatic heterocycles. The van der Waals surface area contributed by atoms with Gasteiger partial charge < -0.3 is 4.90 Å². The smallest absolute Gasteiger partial charge is 0.235 e. The molecule has 0 saturated heterocycles. The molecule has 1 amide bonds. The first-order valence-corrected chi connectivity index (χ1v) is 8.40. The van der Waals surface area contributed by atoms with Crippen molar-refractivity contribution >= 4 is 16.7 Å². The fraction of sp³-hybridized carbons (Fsp3) is 0.533. The summed E-state index contributed by atoms with van der Waals surface area (Å²) in [7, 11) is 0.186. The minimum Gasteiger partial charge on any atom is -0.342 e. The van der Waals surface area contributed by atoms with Gasteiger partial charge in [0.15, 0.2) is 0 Å². The van der Waals surface area contributed by atoms with Gasteiger partial charge in [-0.2, -0.15) is 0 Å². The Labute approximate surface area is 125 Å². The largest absolute Gasteiger partial charge is 0.342 e. The lowest BCUT2D eigenvalue weighted by molar-refractivity contribution is -0.127. The van der Waals surface area contributed by atoms with E-state index in [4.69, 9.17) is 0 Å². The average molecular weight is 315 g/mol. The van der Waals surface area contributed by atoms with E-state index < -0.39 is 27.7 Å². The van der Waals surface area contributed by atoms with E-state index in [1.165, 1.54) is 6.07 Å². The van der Waals surface area contributed by atoms with E-state index in [-0.39, 0.29) is 23.3 Å². The van der Waals surface area contributed by atoms with Gasteiger partial charge in [0.05, 0.1) is 5.25 Å². The molecule has 0 spiro atoms. The predicted octanol–water partition coefficient (Wildman–Crippen LogP) is 2.79. The number of carbonyl (C=O) groups excluding carboxylic acids is 1. The Hall–Kier alpha value is -1.30. The predicted molar refractivity (Wildman–Crippen MR) is 78.2 cm³/mol. The number of amides is 1. The highest BCUT2D eigenvalue weighted by Crippen LogP contribution is 2.28. The van der Waals surface area contributed by atoms with Gasteiger partial charge in [0.25, 0.3) is 0 Å². The molecule has 21 heavy (non-hydrogen) atoms. The van der Waals surface area contributed by atoms with Gasteiger partial charge in [0, 0.05) is 35.5 Å². The highest BCUT2D eigenvalue weighted by atomic mass is 32.2. The Morgan fingerprint density at radius 3 is 2.62 bits per heavy atom. The molecule has 0 aromatic heterocycles. The van der Waals surface area contributed by atoms with E-state index >= 15 is 0 Å². The molecule has 0 unspecified atom stereocenters. The maximum Gasteiger partial charge on any atom is 0.235 e. The van der Waals surface area contributed by atoms with Crippen molar-refractivity contribution in [3.05, 3.63) is 35.4 Å². The van der Waals surface area contributed by atoms with Gasteiger partial charge in [-0.25, -0.2) is 8.78 Å². The van der Waals surface area contributed by atoms with Crippen LogP contribution in [0.15, 0.2) is 18.2 Å². The van der Waals surface area contributed by atoms with E-state index in [1.54, 1.807) is 18.9 Å². The SMILES string of the molecule is CC[C@@H](c1ccc(F)cc1F)[S@](=O)CC(=O)N(C)C1CC1. The van der Waals surface area contributed by atoms with Gasteiger partial charge in [-0.3, -0.25) is 9.00 Å². The van der Waals surface area contributed by atoms with Crippen LogP contribution in [0.4, 0.5) is 8.78 Å². The molecule has 6 heteroatoms. The average Bonchev–Trinajstić information content (AvgIpc) is 3.25. The van der Waals surface area contributed by atoms with Crippen LogP contribution in [0, 0.1) is 11.6 Å². The summed E-state index contributed by atoms with van der Waals surface area (Å²) in [6.07, 6.45) is 2.40. The third-order valence-corrected chi connectivity index (χ3v) is 5.50. The highest BCUT2D eigenvalue weighted by molar-refractivity contribution is 7.86. The van der Waals surface area contributed by atoms with Gasteiger partial charge >= 0.3 is 0 Å². The Balaban J connectivity index is 2.09. The van der Waals surface area contributed by atoms with Crippen molar-refractivity contribution in [1.82, 2.24) is 4.90 Å². The molecule has 1 aliphatic carbocycles. The van der Waals surface area contributed by atoms with E-state index in [2.05, 4.69) is 0 Å². The Kier molecular flexibility index (Phi) is 5.08. The normalized spacial score (nSPS) is 17.3. The van der Waals surface area contributed by atoms with Crippen LogP contribution in [0.25, 0.3) is 0 Å². The zero-order chi connectivity index (χ0) is 15.6. The van der Waals surface area contributed by atoms with Crippen molar-refractivity contribution in [3.8, 4) is 0 Å². The van der Waals surface area contributed by atoms with Gasteiger partial charge in [-0.15, -0.1) is 0 Å². The summed E-state index contributed by atoms with van der Waals surface area (Å²) >= 11 is 0. The third-order valence-electron chi connectivity index (χ3n) is 3.75. The zero-order valence-electron chi connectivity index (χ0n) is 12.1. The number of halogens is 2. The third kappa shape index (κ3) is 3.87. The molecule has 116 valence electrons. The molecule has 1 aromatic carbocycles. The molecular weight excluding hydrogens is 296 g/mol. The highest BCUT2D eigenvalue weighted by Gasteiger charge is 2.31. The first-order chi connectivity index (χ1) is 9.93. The number of hydrogen-bond donors (Lipinski definition) is 0. The number of nitrogens with zero attached hydrogens (tertiary/aromatic N) is 1. The fourth-order valence-corrected chi connectivity index (χ4v) is 3.79. The van der Waals surface area contributed by atoms with Crippen LogP contribution in [0.1, 0.15) is 37.0 Å². The van der Waals surface area contributed by atoms with Crippen molar-refractivity contribution < 1.29 is 17.8 Å². The topological polar surface area (TPSA) is 37.4 Å². The molecule has 2 atom stereocenters. The first-order valence-electron chi connectivity index (χ1n) is 7.01. The first kappa shape index (κ1) is 16.1. The van der Waals surface area contributed by atoms with Gasteiger partial charge in [0.1, 0.15) is 17.4 Å². The molecule has 0 N–H and O–H groups in total. The minimum absolute atomic E-state index is 0.123. The second kappa shape index (κ2) is 6.64. The van der Waals surface area contributed by atoms with E-state index in [9.17, 15) is 17.8 Å². The van der Waals surface area contributed by atoms with E-state index in [0.29, 0.717) is 6.42 Å². The number of carbonyl (C=O) groups is 1. The number of benzene rings is 1. The summed E-state index contributed by atoms with van der Waals surface area (Å²) in [5.41, 5.74) is 0.208. The summed E-state index contributed by atoms with van der Waals surface area (Å²) in [4.78, 5) is 13.6. The second-order valence-electron chi connectivity index (χ2n) is 5.32. The van der Waals surface area contributed by atoms with Crippen molar-refractivity contribution in [1.29, 1.82) is 0 Å². The van der Waals surface area contributed by atoms with Crippen LogP contribution in [0.2, 0.25) is 0 Å². The Morgan fingerprint density at radius 2 is 2.10 bits per heavy atom. The maximum atomic E-state index is 13.8. The Bertz CT molecular complexity index is 561. The number of hydrogen-bond acceptors (Lipinski definition) is 2. The van der Waals surface area contributed by atoms with Gasteiger partial charge in [-0.1, -0.05) is 13.0 Å². The molecule has 2 rings (SSSR count). The number of rotatable bonds is 6. The van der Waals surface area contributed by atoms with Crippen LogP contribution >= 0.6 is 0 Å². The van der Waals surface area contributed by atoms with E-state index in [1.807, 2.05) is 0 Å². The van der Waals surface area contributed by atoms with Crippen LogP contribution in [-0.2, 0) is 15.6 Å². The Morgan fingerprint density at radius 1 is 1.43 bits per heavy atom. The standard InChI is InChI=1S/C15H19F2NO2S/c1-3-14(12-7-4-10(16)8-13(12)17)21(20)9-15(19)18(2)11-5-6-11/h4,7-8,11,14H,3,5-6,9H2,1-2H3/t14-,21+/m0/s1. The zero-order valence-corrected chi connectivity index (χ0v) is 13.0. The lowest BCUT2D eigenvalue weighted by Gasteiger charge is -2.19. The fourth-order valence-electron chi connectivity index (χ4n) is 2.30. The maximum absolute atomic E-state index is 13.8. The van der Waals surface area contributed by atoms with Crippen LogP contribution in [-0.4, -0.2) is 33.9 Å². The van der Waals surface area contributed by atoms with Crippen molar-refractivity contribution in [2.75, 3.05) is 12.8 Å². The summed E-state index contributed by atoms with van der Waals surface area (Å²) in [5, 5.41) is -0.595. The van der Waals surface area contributed by atoms with Crippen molar-refractivity contribution in [2.24, 2.45) is 0 Å². The summed E-state index contributed by atoms with van der Waals surface area (Å²) in [6.45, 7) is 1.78. The molecule has 0 bridgehead atoms. The molecule has 3 nitrogen and oxygen atoms in total.